The van der Waals surface area contributed by atoms with Crippen molar-refractivity contribution in [3.63, 3.8) is 0 Å². The molecule has 0 atom stereocenters. The number of benzene rings is 2. The van der Waals surface area contributed by atoms with Gasteiger partial charge in [0.2, 0.25) is 0 Å². The van der Waals surface area contributed by atoms with Crippen molar-refractivity contribution < 1.29 is 23.4 Å². The molecule has 42 heavy (non-hydrogen) atoms. The minimum atomic E-state index is -1.95. The molecule has 0 fully saturated rings. The lowest BCUT2D eigenvalue weighted by atomic mass is 10.2. The Morgan fingerprint density at radius 1 is 0.976 bits per heavy atom. The molecule has 11 heteroatoms. The molecular formula is C31H41N5O5Si. The highest BCUT2D eigenvalue weighted by Crippen LogP contribution is 2.37. The number of ether oxygens (including phenoxy) is 3. The molecule has 2 heterocycles. The fourth-order valence-corrected chi connectivity index (χ4v) is 5.23. The summed E-state index contributed by atoms with van der Waals surface area (Å²) in [4.78, 5) is 23.6. The molecule has 224 valence electrons. The number of rotatable bonds is 12. The predicted molar refractivity (Wildman–Crippen MR) is 167 cm³/mol. The number of esters is 1. The summed E-state index contributed by atoms with van der Waals surface area (Å²) in [6, 6.07) is 11.8. The molecule has 0 bridgehead atoms. The maximum Gasteiger partial charge on any atom is 0.327 e. The lowest BCUT2D eigenvalue weighted by molar-refractivity contribution is -0.144. The first-order valence-electron chi connectivity index (χ1n) is 14.0. The summed E-state index contributed by atoms with van der Waals surface area (Å²) in [7, 11) is 1.34. The molecule has 2 aromatic heterocycles. The molecular weight excluding hydrogens is 550 g/mol. The first-order chi connectivity index (χ1) is 19.9. The minimum absolute atomic E-state index is 0.0366. The van der Waals surface area contributed by atoms with Crippen molar-refractivity contribution in [2.24, 2.45) is 0 Å². The van der Waals surface area contributed by atoms with E-state index in [0.29, 0.717) is 37.0 Å². The SMILES string of the molecule is CCOC(=O)Cn1cc(-c2cnc3ccc(N(CCO[Si](C)(C)C(C)(C)C)c4cc(OC)cc(OC)c4)cc3n2)cn1. The summed E-state index contributed by atoms with van der Waals surface area (Å²) in [5.74, 6) is 1.05. The summed E-state index contributed by atoms with van der Waals surface area (Å²) >= 11 is 0. The molecule has 0 radical (unpaired) electrons. The third kappa shape index (κ3) is 7.26. The smallest absolute Gasteiger partial charge is 0.327 e. The van der Waals surface area contributed by atoms with Crippen LogP contribution in [0.2, 0.25) is 18.1 Å². The second kappa shape index (κ2) is 12.9. The van der Waals surface area contributed by atoms with Crippen LogP contribution in [0.5, 0.6) is 11.5 Å². The van der Waals surface area contributed by atoms with E-state index >= 15 is 0 Å². The lowest BCUT2D eigenvalue weighted by Crippen LogP contribution is -2.42. The average molecular weight is 592 g/mol. The highest BCUT2D eigenvalue weighted by molar-refractivity contribution is 6.74. The van der Waals surface area contributed by atoms with Gasteiger partial charge in [0.1, 0.15) is 18.0 Å². The van der Waals surface area contributed by atoms with E-state index in [0.717, 1.165) is 28.0 Å². The van der Waals surface area contributed by atoms with E-state index in [-0.39, 0.29) is 17.6 Å². The second-order valence-electron chi connectivity index (χ2n) is 11.5. The molecule has 0 unspecified atom stereocenters. The van der Waals surface area contributed by atoms with Gasteiger partial charge in [0.15, 0.2) is 8.32 Å². The summed E-state index contributed by atoms with van der Waals surface area (Å²) in [5.41, 5.74) is 4.76. The molecule has 4 rings (SSSR count). The molecule has 0 spiro atoms. The van der Waals surface area contributed by atoms with Crippen molar-refractivity contribution in [2.45, 2.75) is 52.4 Å². The standard InChI is InChI=1S/C31H41N5O5Si/c1-9-40-30(37)21-35-20-22(18-33-35)29-19-32-27-11-10-23(16-28(27)34-29)36(12-13-41-42(7,8)31(2,3)4)24-14-25(38-5)17-26(15-24)39-6/h10-11,14-20H,9,12-13,21H2,1-8H3. The van der Waals surface area contributed by atoms with Gasteiger partial charge in [0, 0.05) is 47.9 Å². The number of fused-ring (bicyclic) bond motifs is 1. The van der Waals surface area contributed by atoms with Crippen LogP contribution in [0.1, 0.15) is 27.7 Å². The highest BCUT2D eigenvalue weighted by atomic mass is 28.4. The summed E-state index contributed by atoms with van der Waals surface area (Å²) < 4.78 is 24.3. The molecule has 0 saturated heterocycles. The Morgan fingerprint density at radius 2 is 1.69 bits per heavy atom. The minimum Gasteiger partial charge on any atom is -0.497 e. The highest BCUT2D eigenvalue weighted by Gasteiger charge is 2.37. The van der Waals surface area contributed by atoms with Gasteiger partial charge < -0.3 is 23.5 Å². The van der Waals surface area contributed by atoms with Crippen molar-refractivity contribution in [1.82, 2.24) is 19.7 Å². The molecule has 0 N–H and O–H groups in total. The summed E-state index contributed by atoms with van der Waals surface area (Å²) in [6.45, 7) is 14.5. The Morgan fingerprint density at radius 3 is 2.33 bits per heavy atom. The quantitative estimate of drug-likeness (QED) is 0.140. The van der Waals surface area contributed by atoms with Gasteiger partial charge in [0.05, 0.1) is 56.6 Å². The van der Waals surface area contributed by atoms with Crippen LogP contribution in [0.15, 0.2) is 55.0 Å². The van der Waals surface area contributed by atoms with E-state index in [1.54, 1.807) is 39.7 Å². The average Bonchev–Trinajstić information content (AvgIpc) is 3.42. The van der Waals surface area contributed by atoms with Crippen LogP contribution < -0.4 is 14.4 Å². The van der Waals surface area contributed by atoms with Gasteiger partial charge in [-0.15, -0.1) is 0 Å². The predicted octanol–water partition coefficient (Wildman–Crippen LogP) is 6.23. The first-order valence-corrected chi connectivity index (χ1v) is 16.9. The van der Waals surface area contributed by atoms with E-state index in [1.165, 1.54) is 4.68 Å². The number of hydrogen-bond acceptors (Lipinski definition) is 9. The third-order valence-corrected chi connectivity index (χ3v) is 12.1. The van der Waals surface area contributed by atoms with Crippen LogP contribution in [-0.4, -0.2) is 68.0 Å². The maximum atomic E-state index is 11.9. The molecule has 2 aromatic carbocycles. The van der Waals surface area contributed by atoms with Gasteiger partial charge in [-0.3, -0.25) is 14.5 Å². The van der Waals surface area contributed by atoms with Gasteiger partial charge in [-0.2, -0.15) is 5.10 Å². The van der Waals surface area contributed by atoms with Gasteiger partial charge >= 0.3 is 5.97 Å². The lowest BCUT2D eigenvalue weighted by Gasteiger charge is -2.37. The number of carbonyl (C=O) groups excluding carboxylic acids is 1. The number of methoxy groups -OCH3 is 2. The largest absolute Gasteiger partial charge is 0.497 e. The van der Waals surface area contributed by atoms with E-state index in [9.17, 15) is 4.79 Å². The Labute approximate surface area is 248 Å². The van der Waals surface area contributed by atoms with E-state index in [4.69, 9.17) is 23.6 Å². The fourth-order valence-electron chi connectivity index (χ4n) is 4.19. The molecule has 0 saturated carbocycles. The Bertz CT molecular complexity index is 1510. The topological polar surface area (TPSA) is 101 Å². The number of hydrogen-bond donors (Lipinski definition) is 0. The van der Waals surface area contributed by atoms with E-state index in [1.807, 2.05) is 36.4 Å². The molecule has 10 nitrogen and oxygen atoms in total. The number of nitrogens with zero attached hydrogens (tertiary/aromatic N) is 5. The van der Waals surface area contributed by atoms with Gasteiger partial charge in [0.25, 0.3) is 0 Å². The van der Waals surface area contributed by atoms with Crippen LogP contribution in [0.25, 0.3) is 22.3 Å². The zero-order valence-corrected chi connectivity index (χ0v) is 26.8. The van der Waals surface area contributed by atoms with Crippen molar-refractivity contribution >= 4 is 36.7 Å². The van der Waals surface area contributed by atoms with Crippen LogP contribution in [0.3, 0.4) is 0 Å². The zero-order valence-electron chi connectivity index (χ0n) is 25.8. The third-order valence-electron chi connectivity index (χ3n) is 7.59. The van der Waals surface area contributed by atoms with Crippen molar-refractivity contribution in [3.05, 3.63) is 55.0 Å². The van der Waals surface area contributed by atoms with Crippen molar-refractivity contribution in [1.29, 1.82) is 0 Å². The summed E-state index contributed by atoms with van der Waals surface area (Å²) in [5, 5.41) is 4.40. The van der Waals surface area contributed by atoms with Crippen LogP contribution >= 0.6 is 0 Å². The van der Waals surface area contributed by atoms with Crippen molar-refractivity contribution in [2.75, 3.05) is 38.9 Å². The number of carbonyl (C=O) groups is 1. The Balaban J connectivity index is 1.69. The zero-order chi connectivity index (χ0) is 30.5. The van der Waals surface area contributed by atoms with E-state index in [2.05, 4.69) is 48.8 Å². The second-order valence-corrected chi connectivity index (χ2v) is 16.3. The molecule has 0 aliphatic carbocycles. The molecule has 0 amide bonds. The Kier molecular flexibility index (Phi) is 9.52. The van der Waals surface area contributed by atoms with Crippen LogP contribution in [-0.2, 0) is 20.5 Å². The number of aromatic nitrogens is 4. The Hall–Kier alpha value is -3.96. The van der Waals surface area contributed by atoms with Gasteiger partial charge in [-0.1, -0.05) is 20.8 Å². The molecule has 0 aliphatic heterocycles. The molecule has 4 aromatic rings. The van der Waals surface area contributed by atoms with Gasteiger partial charge in [-0.05, 0) is 43.3 Å². The monoisotopic (exact) mass is 591 g/mol. The number of anilines is 2. The maximum absolute atomic E-state index is 11.9. The first kappa shape index (κ1) is 31.0. The fraction of sp³-hybridized carbons (Fsp3) is 0.419. The van der Waals surface area contributed by atoms with Gasteiger partial charge in [-0.25, -0.2) is 4.98 Å². The van der Waals surface area contributed by atoms with Crippen molar-refractivity contribution in [3.8, 4) is 22.8 Å². The summed E-state index contributed by atoms with van der Waals surface area (Å²) in [6.07, 6.45) is 5.15. The molecule has 0 aliphatic rings. The van der Waals surface area contributed by atoms with Crippen LogP contribution in [0.4, 0.5) is 11.4 Å². The van der Waals surface area contributed by atoms with Crippen LogP contribution in [0, 0.1) is 0 Å². The van der Waals surface area contributed by atoms with E-state index < -0.39 is 8.32 Å². The normalized spacial score (nSPS) is 11.9.